The zero-order valence-electron chi connectivity index (χ0n) is 14.4. The van der Waals surface area contributed by atoms with Crippen LogP contribution in [0.5, 0.6) is 0 Å². The van der Waals surface area contributed by atoms with Crippen LogP contribution in [0.4, 0.5) is 5.69 Å². The minimum atomic E-state index is -3.73. The van der Waals surface area contributed by atoms with Crippen molar-refractivity contribution < 1.29 is 13.2 Å². The second kappa shape index (κ2) is 8.31. The van der Waals surface area contributed by atoms with Crippen molar-refractivity contribution in [1.29, 1.82) is 0 Å². The molecule has 2 rings (SSSR count). The second-order valence-corrected chi connectivity index (χ2v) is 9.51. The van der Waals surface area contributed by atoms with E-state index in [2.05, 4.69) is 5.32 Å². The van der Waals surface area contributed by atoms with Crippen molar-refractivity contribution in [2.45, 2.75) is 30.9 Å². The molecule has 136 valence electrons. The number of hydrogen-bond acceptors (Lipinski definition) is 4. The number of aryl methyl sites for hydroxylation is 2. The number of likely N-dealkylation sites (N-methyl/N-ethyl adjacent to an activating group) is 1. The molecular formula is C17H21ClN2O3S2. The number of rotatable bonds is 7. The van der Waals surface area contributed by atoms with Gasteiger partial charge in [0.05, 0.1) is 10.9 Å². The topological polar surface area (TPSA) is 66.5 Å². The summed E-state index contributed by atoms with van der Waals surface area (Å²) in [6.07, 6.45) is 1.57. The maximum atomic E-state index is 12.5. The van der Waals surface area contributed by atoms with Crippen LogP contribution < -0.4 is 5.32 Å². The maximum Gasteiger partial charge on any atom is 0.252 e. The Morgan fingerprint density at radius 3 is 2.24 bits per heavy atom. The number of thiophene rings is 1. The molecule has 25 heavy (non-hydrogen) atoms. The van der Waals surface area contributed by atoms with Crippen LogP contribution in [-0.2, 0) is 27.7 Å². The van der Waals surface area contributed by atoms with Crippen molar-refractivity contribution >= 4 is 44.6 Å². The average Bonchev–Trinajstić information content (AvgIpc) is 3.02. The van der Waals surface area contributed by atoms with E-state index in [0.29, 0.717) is 4.34 Å². The molecule has 0 spiro atoms. The summed E-state index contributed by atoms with van der Waals surface area (Å²) in [4.78, 5) is 12.4. The molecule has 1 heterocycles. The van der Waals surface area contributed by atoms with Crippen LogP contribution in [0.2, 0.25) is 4.34 Å². The molecule has 0 aliphatic carbocycles. The van der Waals surface area contributed by atoms with E-state index in [0.717, 1.165) is 45.3 Å². The molecule has 0 saturated heterocycles. The van der Waals surface area contributed by atoms with Gasteiger partial charge in [-0.2, -0.15) is 4.31 Å². The summed E-state index contributed by atoms with van der Waals surface area (Å²) in [5.74, 6) is -0.371. The van der Waals surface area contributed by atoms with E-state index in [4.69, 9.17) is 11.6 Å². The van der Waals surface area contributed by atoms with E-state index in [-0.39, 0.29) is 16.7 Å². The van der Waals surface area contributed by atoms with E-state index in [1.165, 1.54) is 19.2 Å². The lowest BCUT2D eigenvalue weighted by Gasteiger charge is -2.18. The number of halogens is 1. The first kappa shape index (κ1) is 19.9. The van der Waals surface area contributed by atoms with Crippen molar-refractivity contribution in [2.24, 2.45) is 0 Å². The number of carbonyl (C=O) groups is 1. The first-order valence-electron chi connectivity index (χ1n) is 7.91. The number of sulfonamides is 1. The molecule has 5 nitrogen and oxygen atoms in total. The molecule has 2 aromatic rings. The number of para-hydroxylation sites is 1. The van der Waals surface area contributed by atoms with Crippen LogP contribution in [0.3, 0.4) is 0 Å². The molecule has 1 aromatic carbocycles. The van der Waals surface area contributed by atoms with E-state index in [1.54, 1.807) is 0 Å². The largest absolute Gasteiger partial charge is 0.324 e. The first-order chi connectivity index (χ1) is 11.8. The molecule has 1 N–H and O–H groups in total. The Hall–Kier alpha value is -1.41. The molecular weight excluding hydrogens is 380 g/mol. The maximum absolute atomic E-state index is 12.5. The van der Waals surface area contributed by atoms with E-state index >= 15 is 0 Å². The Labute approximate surface area is 157 Å². The molecule has 0 aliphatic heterocycles. The Balaban J connectivity index is 2.15. The normalized spacial score (nSPS) is 11.7. The van der Waals surface area contributed by atoms with Gasteiger partial charge in [0.1, 0.15) is 4.21 Å². The summed E-state index contributed by atoms with van der Waals surface area (Å²) in [5.41, 5.74) is 2.84. The number of benzene rings is 1. The Morgan fingerprint density at radius 1 is 1.16 bits per heavy atom. The summed E-state index contributed by atoms with van der Waals surface area (Å²) in [7, 11) is -2.35. The number of nitrogens with zero attached hydrogens (tertiary/aromatic N) is 1. The van der Waals surface area contributed by atoms with Crippen molar-refractivity contribution in [3.8, 4) is 0 Å². The third-order valence-corrected chi connectivity index (χ3v) is 7.34. The number of anilines is 1. The summed E-state index contributed by atoms with van der Waals surface area (Å²) in [6, 6.07) is 8.85. The Bertz CT molecular complexity index is 840. The van der Waals surface area contributed by atoms with E-state index in [9.17, 15) is 13.2 Å². The van der Waals surface area contributed by atoms with Crippen LogP contribution in [0.15, 0.2) is 34.5 Å². The summed E-state index contributed by atoms with van der Waals surface area (Å²) >= 11 is 6.78. The molecule has 0 aliphatic rings. The van der Waals surface area contributed by atoms with Gasteiger partial charge < -0.3 is 5.32 Å². The third-order valence-electron chi connectivity index (χ3n) is 3.84. The minimum Gasteiger partial charge on any atom is -0.324 e. The predicted molar refractivity (Wildman–Crippen MR) is 103 cm³/mol. The van der Waals surface area contributed by atoms with E-state index in [1.807, 2.05) is 32.0 Å². The fraction of sp³-hybridized carbons (Fsp3) is 0.353. The van der Waals surface area contributed by atoms with Crippen LogP contribution in [0, 0.1) is 0 Å². The number of amides is 1. The fourth-order valence-corrected chi connectivity index (χ4v) is 5.28. The molecule has 8 heteroatoms. The van der Waals surface area contributed by atoms with Crippen molar-refractivity contribution in [3.05, 3.63) is 45.8 Å². The SMILES string of the molecule is CCc1cccc(CC)c1NC(=O)CN(C)S(=O)(=O)c1ccc(Cl)s1. The molecule has 0 unspecified atom stereocenters. The molecule has 0 bridgehead atoms. The zero-order valence-corrected chi connectivity index (χ0v) is 16.8. The lowest BCUT2D eigenvalue weighted by Crippen LogP contribution is -2.35. The summed E-state index contributed by atoms with van der Waals surface area (Å²) in [5, 5.41) is 2.87. The highest BCUT2D eigenvalue weighted by atomic mass is 35.5. The lowest BCUT2D eigenvalue weighted by molar-refractivity contribution is -0.116. The van der Waals surface area contributed by atoms with Gasteiger partial charge in [-0.1, -0.05) is 43.6 Å². The number of hydrogen-bond donors (Lipinski definition) is 1. The van der Waals surface area contributed by atoms with Gasteiger partial charge in [-0.05, 0) is 36.1 Å². The first-order valence-corrected chi connectivity index (χ1v) is 10.5. The summed E-state index contributed by atoms with van der Waals surface area (Å²) < 4.78 is 26.5. The second-order valence-electron chi connectivity index (χ2n) is 5.53. The smallest absolute Gasteiger partial charge is 0.252 e. The molecule has 0 saturated carbocycles. The van der Waals surface area contributed by atoms with Gasteiger partial charge in [0.15, 0.2) is 0 Å². The molecule has 1 amide bonds. The predicted octanol–water partition coefficient (Wildman–Crippen LogP) is 3.79. The van der Waals surface area contributed by atoms with Crippen molar-refractivity contribution in [3.63, 3.8) is 0 Å². The van der Waals surface area contributed by atoms with Crippen molar-refractivity contribution in [1.82, 2.24) is 4.31 Å². The van der Waals surface area contributed by atoms with Crippen LogP contribution in [0.25, 0.3) is 0 Å². The van der Waals surface area contributed by atoms with Gasteiger partial charge in [-0.25, -0.2) is 8.42 Å². The van der Waals surface area contributed by atoms with Crippen LogP contribution >= 0.6 is 22.9 Å². The Kier molecular flexibility index (Phi) is 6.62. The van der Waals surface area contributed by atoms with Crippen LogP contribution in [-0.4, -0.2) is 32.2 Å². The Morgan fingerprint density at radius 2 is 1.76 bits per heavy atom. The fourth-order valence-electron chi connectivity index (χ4n) is 2.46. The highest BCUT2D eigenvalue weighted by molar-refractivity contribution is 7.91. The van der Waals surface area contributed by atoms with Crippen molar-refractivity contribution in [2.75, 3.05) is 18.9 Å². The monoisotopic (exact) mass is 400 g/mol. The molecule has 0 radical (unpaired) electrons. The highest BCUT2D eigenvalue weighted by Gasteiger charge is 2.25. The number of nitrogens with one attached hydrogen (secondary N) is 1. The molecule has 1 aromatic heterocycles. The summed E-state index contributed by atoms with van der Waals surface area (Å²) in [6.45, 7) is 3.77. The average molecular weight is 401 g/mol. The number of carbonyl (C=O) groups excluding carboxylic acids is 1. The van der Waals surface area contributed by atoms with Gasteiger partial charge in [0.2, 0.25) is 5.91 Å². The standard InChI is InChI=1S/C17H21ClN2O3S2/c1-4-12-7-6-8-13(5-2)17(12)19-15(21)11-20(3)25(22,23)16-10-9-14(18)24-16/h6-10H,4-5,11H2,1-3H3,(H,19,21). The quantitative estimate of drug-likeness (QED) is 0.768. The van der Waals surface area contributed by atoms with E-state index < -0.39 is 10.0 Å². The van der Waals surface area contributed by atoms with Gasteiger partial charge in [0.25, 0.3) is 10.0 Å². The van der Waals surface area contributed by atoms with Crippen LogP contribution in [0.1, 0.15) is 25.0 Å². The van der Waals surface area contributed by atoms with Gasteiger partial charge in [-0.15, -0.1) is 11.3 Å². The zero-order chi connectivity index (χ0) is 18.6. The highest BCUT2D eigenvalue weighted by Crippen LogP contribution is 2.28. The molecule has 0 atom stereocenters. The molecule has 0 fully saturated rings. The van der Waals surface area contributed by atoms with Gasteiger partial charge in [0, 0.05) is 12.7 Å². The van der Waals surface area contributed by atoms with Gasteiger partial charge in [-0.3, -0.25) is 4.79 Å². The van der Waals surface area contributed by atoms with Gasteiger partial charge >= 0.3 is 0 Å². The minimum absolute atomic E-state index is 0.121. The third kappa shape index (κ3) is 4.61. The lowest BCUT2D eigenvalue weighted by atomic mass is 10.0.